The van der Waals surface area contributed by atoms with Crippen LogP contribution in [0.15, 0.2) is 23.8 Å². The molecule has 0 aromatic heterocycles. The highest BCUT2D eigenvalue weighted by Crippen LogP contribution is 2.45. The average Bonchev–Trinajstić information content (AvgIpc) is 3.60. The summed E-state index contributed by atoms with van der Waals surface area (Å²) in [4.78, 5) is 49.8. The van der Waals surface area contributed by atoms with Crippen molar-refractivity contribution in [2.45, 2.75) is 148 Å². The number of cyclic esters (lactones) is 1. The zero-order valence-electron chi connectivity index (χ0n) is 30.7. The topological polar surface area (TPSA) is 117 Å². The van der Waals surface area contributed by atoms with Crippen LogP contribution in [-0.2, 0) is 33.3 Å². The lowest BCUT2D eigenvalue weighted by Gasteiger charge is -2.43. The quantitative estimate of drug-likeness (QED) is 0.0597. The number of amides is 1. The van der Waals surface area contributed by atoms with Crippen LogP contribution in [0.25, 0.3) is 0 Å². The van der Waals surface area contributed by atoms with Gasteiger partial charge < -0.3 is 24.3 Å². The molecule has 2 heterocycles. The Kier molecular flexibility index (Phi) is 17.4. The average molecular weight is 736 g/mol. The van der Waals surface area contributed by atoms with Crippen LogP contribution < -0.4 is 5.32 Å². The summed E-state index contributed by atoms with van der Waals surface area (Å²) in [6.45, 7) is 9.24. The molecular weight excluding hydrogens is 675 g/mol. The second-order valence-electron chi connectivity index (χ2n) is 14.9. The minimum Gasteiger partial charge on any atom is -0.466 e. The van der Waals surface area contributed by atoms with Crippen LogP contribution in [-0.4, -0.2) is 66.5 Å². The minimum absolute atomic E-state index is 0.0605. The van der Waals surface area contributed by atoms with Crippen molar-refractivity contribution >= 4 is 45.6 Å². The SMILES string of the molecule is CCC(C)C(=O)OC1CC(C)C=C2C=CC(C)C(CCC3CC(OC(=O)NCCCCCCOC(=O)CCCCC4CCSS4)CC(=O)O3)C21. The van der Waals surface area contributed by atoms with Crippen molar-refractivity contribution < 1.29 is 38.1 Å². The summed E-state index contributed by atoms with van der Waals surface area (Å²) < 4.78 is 22.9. The van der Waals surface area contributed by atoms with Gasteiger partial charge in [0.2, 0.25) is 0 Å². The third-order valence-electron chi connectivity index (χ3n) is 10.7. The number of nitrogens with one attached hydrogen (secondary N) is 1. The zero-order chi connectivity index (χ0) is 35.9. The molecule has 0 saturated carbocycles. The Morgan fingerprint density at radius 1 is 1.02 bits per heavy atom. The Bertz CT molecular complexity index is 1170. The van der Waals surface area contributed by atoms with E-state index in [9.17, 15) is 19.2 Å². The van der Waals surface area contributed by atoms with Crippen LogP contribution in [0.2, 0.25) is 0 Å². The highest BCUT2D eigenvalue weighted by molar-refractivity contribution is 8.77. The second kappa shape index (κ2) is 21.4. The Balaban J connectivity index is 1.10. The van der Waals surface area contributed by atoms with Gasteiger partial charge in [-0.3, -0.25) is 14.4 Å². The number of allylic oxidation sites excluding steroid dienone is 3. The monoisotopic (exact) mass is 735 g/mol. The molecule has 50 heavy (non-hydrogen) atoms. The second-order valence-corrected chi connectivity index (χ2v) is 17.7. The summed E-state index contributed by atoms with van der Waals surface area (Å²) in [6, 6.07) is 0. The minimum atomic E-state index is -0.518. The van der Waals surface area contributed by atoms with Crippen LogP contribution in [0.3, 0.4) is 0 Å². The van der Waals surface area contributed by atoms with E-state index >= 15 is 0 Å². The Morgan fingerprint density at radius 3 is 2.62 bits per heavy atom. The number of fused-ring (bicyclic) bond motifs is 1. The molecule has 0 bridgehead atoms. The molecule has 11 heteroatoms. The fraction of sp³-hybridized carbons (Fsp3) is 0.795. The van der Waals surface area contributed by atoms with Crippen molar-refractivity contribution in [2.75, 3.05) is 18.9 Å². The van der Waals surface area contributed by atoms with Crippen LogP contribution >= 0.6 is 21.6 Å². The van der Waals surface area contributed by atoms with Gasteiger partial charge in [-0.05, 0) is 87.5 Å². The predicted molar refractivity (Wildman–Crippen MR) is 199 cm³/mol. The maximum absolute atomic E-state index is 12.8. The maximum Gasteiger partial charge on any atom is 0.407 e. The molecule has 0 aromatic carbocycles. The summed E-state index contributed by atoms with van der Waals surface area (Å²) in [5.41, 5.74) is 1.24. The van der Waals surface area contributed by atoms with Crippen molar-refractivity contribution in [2.24, 2.45) is 29.6 Å². The van der Waals surface area contributed by atoms with E-state index in [-0.39, 0.29) is 54.3 Å². The third-order valence-corrected chi connectivity index (χ3v) is 13.7. The van der Waals surface area contributed by atoms with E-state index in [1.807, 2.05) is 35.4 Å². The molecule has 2 aliphatic carbocycles. The highest BCUT2D eigenvalue weighted by atomic mass is 33.1. The standard InChI is InChI=1S/C39H61NO8S2/c1-5-27(3)38(43)48-34-23-26(2)22-29-15-14-28(4)33(37(29)34)17-16-30-24-31(25-36(42)46-30)47-39(44)40-19-10-6-7-11-20-45-35(41)13-9-8-12-32-18-21-49-50-32/h14-15,22,26-28,30-34,37H,5-13,16-21,23-25H2,1-4H3,(H,40,44). The summed E-state index contributed by atoms with van der Waals surface area (Å²) in [5, 5.41) is 3.57. The number of esters is 3. The molecule has 1 amide bonds. The summed E-state index contributed by atoms with van der Waals surface area (Å²) in [7, 11) is 3.94. The van der Waals surface area contributed by atoms with E-state index in [0.29, 0.717) is 44.2 Å². The van der Waals surface area contributed by atoms with Gasteiger partial charge in [0, 0.05) is 36.3 Å². The lowest BCUT2D eigenvalue weighted by atomic mass is 9.65. The Hall–Kier alpha value is -2.14. The molecule has 2 fully saturated rings. The Labute approximate surface area is 308 Å². The van der Waals surface area contributed by atoms with Crippen LogP contribution in [0.4, 0.5) is 4.79 Å². The van der Waals surface area contributed by atoms with Gasteiger partial charge in [-0.15, -0.1) is 0 Å². The van der Waals surface area contributed by atoms with Crippen LogP contribution in [0.5, 0.6) is 0 Å². The van der Waals surface area contributed by atoms with Gasteiger partial charge in [0.05, 0.1) is 18.9 Å². The van der Waals surface area contributed by atoms with E-state index in [1.54, 1.807) is 0 Å². The van der Waals surface area contributed by atoms with Gasteiger partial charge in [-0.1, -0.05) is 80.4 Å². The predicted octanol–water partition coefficient (Wildman–Crippen LogP) is 8.75. The van der Waals surface area contributed by atoms with E-state index in [2.05, 4.69) is 37.4 Å². The van der Waals surface area contributed by atoms with E-state index in [1.165, 1.54) is 24.2 Å². The molecule has 9 nitrogen and oxygen atoms in total. The largest absolute Gasteiger partial charge is 0.466 e. The summed E-state index contributed by atoms with van der Waals surface area (Å²) in [5.74, 6) is 1.54. The number of carbonyl (C=O) groups is 4. The van der Waals surface area contributed by atoms with Crippen molar-refractivity contribution in [3.63, 3.8) is 0 Å². The van der Waals surface area contributed by atoms with Crippen molar-refractivity contribution in [3.8, 4) is 0 Å². The molecule has 2 saturated heterocycles. The molecule has 9 atom stereocenters. The van der Waals surface area contributed by atoms with Crippen molar-refractivity contribution in [3.05, 3.63) is 23.8 Å². The number of rotatable bonds is 19. The van der Waals surface area contributed by atoms with Gasteiger partial charge >= 0.3 is 24.0 Å². The smallest absolute Gasteiger partial charge is 0.407 e. The van der Waals surface area contributed by atoms with Gasteiger partial charge in [0.1, 0.15) is 18.3 Å². The van der Waals surface area contributed by atoms with Gasteiger partial charge in [-0.2, -0.15) is 0 Å². The molecule has 2 aliphatic heterocycles. The lowest BCUT2D eigenvalue weighted by Crippen LogP contribution is -2.42. The van der Waals surface area contributed by atoms with Crippen LogP contribution in [0, 0.1) is 29.6 Å². The van der Waals surface area contributed by atoms with Gasteiger partial charge in [0.15, 0.2) is 0 Å². The summed E-state index contributed by atoms with van der Waals surface area (Å²) in [6.07, 6.45) is 17.2. The maximum atomic E-state index is 12.8. The van der Waals surface area contributed by atoms with Gasteiger partial charge in [-0.25, -0.2) is 4.79 Å². The number of ether oxygens (including phenoxy) is 4. The molecule has 4 aliphatic rings. The molecule has 0 spiro atoms. The lowest BCUT2D eigenvalue weighted by molar-refractivity contribution is -0.162. The number of unbranched alkanes of at least 4 members (excludes halogenated alkanes) is 4. The fourth-order valence-electron chi connectivity index (χ4n) is 7.57. The van der Waals surface area contributed by atoms with Gasteiger partial charge in [0.25, 0.3) is 0 Å². The Morgan fingerprint density at radius 2 is 1.84 bits per heavy atom. The number of hydrogen-bond donors (Lipinski definition) is 1. The van der Waals surface area contributed by atoms with E-state index in [0.717, 1.165) is 63.0 Å². The molecular formula is C39H61NO8S2. The van der Waals surface area contributed by atoms with E-state index < -0.39 is 12.2 Å². The molecule has 0 radical (unpaired) electrons. The van der Waals surface area contributed by atoms with Crippen LogP contribution in [0.1, 0.15) is 124 Å². The first-order chi connectivity index (χ1) is 24.1. The van der Waals surface area contributed by atoms with Crippen molar-refractivity contribution in [1.29, 1.82) is 0 Å². The molecule has 9 unspecified atom stereocenters. The first-order valence-electron chi connectivity index (χ1n) is 19.3. The molecule has 1 N–H and O–H groups in total. The first-order valence-corrected chi connectivity index (χ1v) is 21.7. The molecule has 0 aromatic rings. The summed E-state index contributed by atoms with van der Waals surface area (Å²) >= 11 is 0. The molecule has 282 valence electrons. The number of alkyl carbamates (subject to hydrolysis) is 1. The highest BCUT2D eigenvalue weighted by Gasteiger charge is 2.42. The normalized spacial score (nSPS) is 29.7. The third kappa shape index (κ3) is 13.4. The zero-order valence-corrected chi connectivity index (χ0v) is 32.4. The van der Waals surface area contributed by atoms with E-state index in [4.69, 9.17) is 18.9 Å². The number of hydrogen-bond acceptors (Lipinski definition) is 10. The van der Waals surface area contributed by atoms with Crippen molar-refractivity contribution in [1.82, 2.24) is 5.32 Å². The number of carbonyl (C=O) groups excluding carboxylic acids is 4. The molecule has 4 rings (SSSR count). The fourth-order valence-corrected chi connectivity index (χ4v) is 10.6. The first kappa shape index (κ1) is 40.6.